The summed E-state index contributed by atoms with van der Waals surface area (Å²) in [6.45, 7) is 1.52. The second kappa shape index (κ2) is 8.93. The minimum atomic E-state index is -0.473. The van der Waals surface area contributed by atoms with Gasteiger partial charge in [-0.15, -0.1) is 0 Å². The number of carbonyl (C=O) groups excluding carboxylic acids is 2. The van der Waals surface area contributed by atoms with Crippen molar-refractivity contribution in [2.45, 2.75) is 6.92 Å². The second-order valence-electron chi connectivity index (χ2n) is 4.95. The number of nitrogens with one attached hydrogen (secondary N) is 2. The maximum Gasteiger partial charge on any atom is 0.276 e. The minimum absolute atomic E-state index is 0.198. The molecule has 0 spiro atoms. The Labute approximate surface area is 148 Å². The normalized spacial score (nSPS) is 9.92. The van der Waals surface area contributed by atoms with Crippen molar-refractivity contribution >= 4 is 27.7 Å². The van der Waals surface area contributed by atoms with Gasteiger partial charge < -0.3 is 9.47 Å². The van der Waals surface area contributed by atoms with Gasteiger partial charge in [-0.25, -0.2) is 0 Å². The van der Waals surface area contributed by atoms with E-state index in [4.69, 9.17) is 9.47 Å². The number of aryl methyl sites for hydroxylation is 1. The number of carbonyl (C=O) groups is 2. The van der Waals surface area contributed by atoms with Crippen molar-refractivity contribution in [3.63, 3.8) is 0 Å². The first-order valence-corrected chi connectivity index (χ1v) is 7.98. The summed E-state index contributed by atoms with van der Waals surface area (Å²) in [4.78, 5) is 23.2. The van der Waals surface area contributed by atoms with Gasteiger partial charge in [-0.3, -0.25) is 20.4 Å². The summed E-state index contributed by atoms with van der Waals surface area (Å²) in [5.41, 5.74) is 5.56. The van der Waals surface area contributed by atoms with E-state index in [1.807, 2.05) is 31.2 Å². The molecule has 2 rings (SSSR count). The fraction of sp³-hybridized carbons (Fsp3) is 0.176. The number of benzene rings is 2. The lowest BCUT2D eigenvalue weighted by molar-refractivity contribution is -0.131. The fourth-order valence-corrected chi connectivity index (χ4v) is 2.15. The van der Waals surface area contributed by atoms with Gasteiger partial charge in [-0.2, -0.15) is 0 Å². The van der Waals surface area contributed by atoms with Crippen molar-refractivity contribution in [3.8, 4) is 11.5 Å². The van der Waals surface area contributed by atoms with Gasteiger partial charge in [0.15, 0.2) is 13.2 Å². The van der Waals surface area contributed by atoms with Gasteiger partial charge in [0.1, 0.15) is 11.5 Å². The standard InChI is InChI=1S/C17H17BrN2O4/c1-12-4-2-6-14(8-12)23-10-16(21)19-20-17(22)11-24-15-7-3-5-13(18)9-15/h2-9H,10-11H2,1H3,(H,19,21)(H,20,22). The van der Waals surface area contributed by atoms with Crippen LogP contribution in [0.15, 0.2) is 53.0 Å². The largest absolute Gasteiger partial charge is 0.484 e. The number of rotatable bonds is 6. The van der Waals surface area contributed by atoms with E-state index in [1.54, 1.807) is 24.3 Å². The maximum atomic E-state index is 11.6. The minimum Gasteiger partial charge on any atom is -0.484 e. The van der Waals surface area contributed by atoms with Crippen LogP contribution in [0, 0.1) is 6.92 Å². The Morgan fingerprint density at radius 2 is 1.46 bits per heavy atom. The van der Waals surface area contributed by atoms with Gasteiger partial charge in [-0.1, -0.05) is 34.1 Å². The summed E-state index contributed by atoms with van der Waals surface area (Å²) in [5, 5.41) is 0. The Balaban J connectivity index is 1.66. The SMILES string of the molecule is Cc1cccc(OCC(=O)NNC(=O)COc2cccc(Br)c2)c1. The Morgan fingerprint density at radius 3 is 2.00 bits per heavy atom. The van der Waals surface area contributed by atoms with E-state index < -0.39 is 11.8 Å². The predicted octanol–water partition coefficient (Wildman–Crippen LogP) is 2.36. The van der Waals surface area contributed by atoms with E-state index in [0.717, 1.165) is 10.0 Å². The van der Waals surface area contributed by atoms with Crippen LogP contribution in [0.1, 0.15) is 5.56 Å². The first-order chi connectivity index (χ1) is 11.5. The summed E-state index contributed by atoms with van der Waals surface area (Å²) in [6, 6.07) is 14.4. The smallest absolute Gasteiger partial charge is 0.276 e. The summed E-state index contributed by atoms with van der Waals surface area (Å²) in [6.07, 6.45) is 0. The molecule has 0 aliphatic carbocycles. The molecule has 0 heterocycles. The summed E-state index contributed by atoms with van der Waals surface area (Å²) < 4.78 is 11.5. The molecule has 0 aliphatic heterocycles. The number of hydrogen-bond acceptors (Lipinski definition) is 4. The average molecular weight is 393 g/mol. The first kappa shape index (κ1) is 17.8. The zero-order chi connectivity index (χ0) is 17.4. The molecule has 2 amide bonds. The molecule has 6 nitrogen and oxygen atoms in total. The Morgan fingerprint density at radius 1 is 0.917 bits per heavy atom. The van der Waals surface area contributed by atoms with Gasteiger partial charge in [-0.05, 0) is 42.8 Å². The van der Waals surface area contributed by atoms with Crippen molar-refractivity contribution in [1.82, 2.24) is 10.9 Å². The molecule has 0 aliphatic rings. The zero-order valence-corrected chi connectivity index (χ0v) is 14.6. The van der Waals surface area contributed by atoms with E-state index in [1.165, 1.54) is 0 Å². The Hall–Kier alpha value is -2.54. The van der Waals surface area contributed by atoms with E-state index in [-0.39, 0.29) is 13.2 Å². The maximum absolute atomic E-state index is 11.6. The molecule has 0 saturated heterocycles. The van der Waals surface area contributed by atoms with Crippen molar-refractivity contribution in [2.75, 3.05) is 13.2 Å². The molecule has 2 aromatic rings. The molecule has 0 radical (unpaired) electrons. The molecule has 126 valence electrons. The van der Waals surface area contributed by atoms with Crippen LogP contribution in [0.25, 0.3) is 0 Å². The van der Waals surface area contributed by atoms with Crippen LogP contribution in [-0.4, -0.2) is 25.0 Å². The highest BCUT2D eigenvalue weighted by atomic mass is 79.9. The molecule has 7 heteroatoms. The third-order valence-corrected chi connectivity index (χ3v) is 3.36. The highest BCUT2D eigenvalue weighted by molar-refractivity contribution is 9.10. The van der Waals surface area contributed by atoms with E-state index >= 15 is 0 Å². The molecule has 0 bridgehead atoms. The monoisotopic (exact) mass is 392 g/mol. The van der Waals surface area contributed by atoms with E-state index in [9.17, 15) is 9.59 Å². The first-order valence-electron chi connectivity index (χ1n) is 7.18. The second-order valence-corrected chi connectivity index (χ2v) is 5.86. The van der Waals surface area contributed by atoms with Crippen LogP contribution in [0.2, 0.25) is 0 Å². The molecular formula is C17H17BrN2O4. The van der Waals surface area contributed by atoms with Crippen LogP contribution in [-0.2, 0) is 9.59 Å². The average Bonchev–Trinajstić information content (AvgIpc) is 2.56. The third-order valence-electron chi connectivity index (χ3n) is 2.87. The molecule has 0 saturated carbocycles. The van der Waals surface area contributed by atoms with Crippen molar-refractivity contribution in [3.05, 3.63) is 58.6 Å². The van der Waals surface area contributed by atoms with Crippen LogP contribution < -0.4 is 20.3 Å². The number of halogens is 1. The van der Waals surface area contributed by atoms with Crippen LogP contribution in [0.4, 0.5) is 0 Å². The van der Waals surface area contributed by atoms with Crippen LogP contribution in [0.3, 0.4) is 0 Å². The summed E-state index contributed by atoms with van der Waals surface area (Å²) in [5.74, 6) is 0.203. The summed E-state index contributed by atoms with van der Waals surface area (Å²) in [7, 11) is 0. The lowest BCUT2D eigenvalue weighted by Crippen LogP contribution is -2.45. The third kappa shape index (κ3) is 6.29. The molecule has 2 aromatic carbocycles. The van der Waals surface area contributed by atoms with E-state index in [0.29, 0.717) is 11.5 Å². The van der Waals surface area contributed by atoms with Gasteiger partial charge in [0, 0.05) is 4.47 Å². The van der Waals surface area contributed by atoms with Gasteiger partial charge in [0.05, 0.1) is 0 Å². The highest BCUT2D eigenvalue weighted by Crippen LogP contribution is 2.17. The van der Waals surface area contributed by atoms with E-state index in [2.05, 4.69) is 26.8 Å². The summed E-state index contributed by atoms with van der Waals surface area (Å²) >= 11 is 3.31. The lowest BCUT2D eigenvalue weighted by atomic mass is 10.2. The van der Waals surface area contributed by atoms with Gasteiger partial charge in [0.2, 0.25) is 0 Å². The Kier molecular flexibility index (Phi) is 6.62. The topological polar surface area (TPSA) is 76.7 Å². The highest BCUT2D eigenvalue weighted by Gasteiger charge is 2.07. The molecule has 0 fully saturated rings. The van der Waals surface area contributed by atoms with Crippen molar-refractivity contribution in [1.29, 1.82) is 0 Å². The van der Waals surface area contributed by atoms with Gasteiger partial charge in [0.25, 0.3) is 11.8 Å². The molecule has 24 heavy (non-hydrogen) atoms. The molecule has 2 N–H and O–H groups in total. The number of amides is 2. The van der Waals surface area contributed by atoms with Crippen molar-refractivity contribution < 1.29 is 19.1 Å². The van der Waals surface area contributed by atoms with Crippen LogP contribution >= 0.6 is 15.9 Å². The number of hydrogen-bond donors (Lipinski definition) is 2. The number of ether oxygens (including phenoxy) is 2. The molecule has 0 unspecified atom stereocenters. The zero-order valence-electron chi connectivity index (χ0n) is 13.0. The van der Waals surface area contributed by atoms with Crippen molar-refractivity contribution in [2.24, 2.45) is 0 Å². The quantitative estimate of drug-likeness (QED) is 0.739. The predicted molar refractivity (Wildman–Crippen MR) is 92.6 cm³/mol. The lowest BCUT2D eigenvalue weighted by Gasteiger charge is -2.10. The van der Waals surface area contributed by atoms with Crippen LogP contribution in [0.5, 0.6) is 11.5 Å². The molecule has 0 atom stereocenters. The fourth-order valence-electron chi connectivity index (χ4n) is 1.77. The Bertz CT molecular complexity index is 660. The number of hydrazine groups is 1. The molecular weight excluding hydrogens is 376 g/mol. The molecule has 0 aromatic heterocycles. The van der Waals surface area contributed by atoms with Gasteiger partial charge >= 0.3 is 0 Å².